The third-order valence-corrected chi connectivity index (χ3v) is 4.78. The standard InChI is InChI=1S/C16H25FN4/c17-13-4-1-2-6-15(13)20-8-10-21(11-9-20)16(12-18)14-5-3-7-19-14/h1-2,4,6,14,16,19H,3,5,7-12,18H2. The van der Waals surface area contributed by atoms with Crippen LogP contribution in [0.1, 0.15) is 12.8 Å². The fourth-order valence-electron chi connectivity index (χ4n) is 3.61. The van der Waals surface area contributed by atoms with Crippen LogP contribution in [0.2, 0.25) is 0 Å². The summed E-state index contributed by atoms with van der Waals surface area (Å²) in [6.45, 7) is 5.44. The molecule has 3 rings (SSSR count). The highest BCUT2D eigenvalue weighted by Crippen LogP contribution is 2.22. The molecule has 3 N–H and O–H groups in total. The number of rotatable bonds is 4. The molecule has 0 amide bonds. The topological polar surface area (TPSA) is 44.5 Å². The first-order valence-electron chi connectivity index (χ1n) is 7.96. The Labute approximate surface area is 126 Å². The van der Waals surface area contributed by atoms with E-state index in [0.717, 1.165) is 38.4 Å². The highest BCUT2D eigenvalue weighted by Gasteiger charge is 2.31. The molecule has 0 aromatic heterocycles. The third kappa shape index (κ3) is 3.20. The zero-order valence-electron chi connectivity index (χ0n) is 12.5. The summed E-state index contributed by atoms with van der Waals surface area (Å²) < 4.78 is 13.9. The van der Waals surface area contributed by atoms with E-state index in [2.05, 4.69) is 15.1 Å². The summed E-state index contributed by atoms with van der Waals surface area (Å²) in [7, 11) is 0. The number of hydrogen-bond donors (Lipinski definition) is 2. The van der Waals surface area contributed by atoms with Gasteiger partial charge in [0.25, 0.3) is 0 Å². The summed E-state index contributed by atoms with van der Waals surface area (Å²) in [5, 5.41) is 3.56. The number of nitrogens with one attached hydrogen (secondary N) is 1. The molecule has 2 aliphatic heterocycles. The Hall–Kier alpha value is -1.17. The van der Waals surface area contributed by atoms with Crippen LogP contribution >= 0.6 is 0 Å². The summed E-state index contributed by atoms with van der Waals surface area (Å²) in [4.78, 5) is 4.61. The Bertz CT molecular complexity index is 453. The van der Waals surface area contributed by atoms with Crippen LogP contribution in [-0.2, 0) is 0 Å². The minimum absolute atomic E-state index is 0.126. The van der Waals surface area contributed by atoms with Gasteiger partial charge in [0, 0.05) is 44.8 Å². The molecule has 5 heteroatoms. The largest absolute Gasteiger partial charge is 0.367 e. The van der Waals surface area contributed by atoms with Gasteiger partial charge in [-0.15, -0.1) is 0 Å². The molecule has 1 aromatic carbocycles. The van der Waals surface area contributed by atoms with Crippen LogP contribution < -0.4 is 16.0 Å². The maximum absolute atomic E-state index is 13.9. The first-order chi connectivity index (χ1) is 10.3. The van der Waals surface area contributed by atoms with Crippen molar-refractivity contribution in [3.05, 3.63) is 30.1 Å². The van der Waals surface area contributed by atoms with Gasteiger partial charge in [0.1, 0.15) is 5.82 Å². The van der Waals surface area contributed by atoms with Gasteiger partial charge in [0.05, 0.1) is 5.69 Å². The summed E-state index contributed by atoms with van der Waals surface area (Å²) in [5.74, 6) is -0.126. The molecule has 2 heterocycles. The lowest BCUT2D eigenvalue weighted by atomic mass is 10.0. The van der Waals surface area contributed by atoms with Crippen molar-refractivity contribution in [3.8, 4) is 0 Å². The zero-order valence-corrected chi connectivity index (χ0v) is 12.5. The van der Waals surface area contributed by atoms with Crippen molar-refractivity contribution in [2.75, 3.05) is 44.2 Å². The van der Waals surface area contributed by atoms with E-state index < -0.39 is 0 Å². The molecule has 2 atom stereocenters. The molecular formula is C16H25FN4. The predicted octanol–water partition coefficient (Wildman–Crippen LogP) is 1.03. The van der Waals surface area contributed by atoms with Crippen LogP contribution in [0.25, 0.3) is 0 Å². The number of anilines is 1. The molecule has 21 heavy (non-hydrogen) atoms. The molecule has 1 aromatic rings. The molecule has 116 valence electrons. The van der Waals surface area contributed by atoms with Crippen LogP contribution in [0.5, 0.6) is 0 Å². The second-order valence-corrected chi connectivity index (χ2v) is 5.98. The highest BCUT2D eigenvalue weighted by atomic mass is 19.1. The van der Waals surface area contributed by atoms with Crippen LogP contribution in [0, 0.1) is 5.82 Å². The summed E-state index contributed by atoms with van der Waals surface area (Å²) in [6, 6.07) is 7.98. The van der Waals surface area contributed by atoms with E-state index in [-0.39, 0.29) is 5.82 Å². The third-order valence-electron chi connectivity index (χ3n) is 4.78. The molecule has 0 aliphatic carbocycles. The minimum Gasteiger partial charge on any atom is -0.367 e. The quantitative estimate of drug-likeness (QED) is 0.870. The molecule has 2 saturated heterocycles. The van der Waals surface area contributed by atoms with Crippen LogP contribution in [0.3, 0.4) is 0 Å². The van der Waals surface area contributed by atoms with Crippen molar-refractivity contribution >= 4 is 5.69 Å². The Balaban J connectivity index is 1.60. The Kier molecular flexibility index (Phi) is 4.73. The minimum atomic E-state index is -0.126. The lowest BCUT2D eigenvalue weighted by Crippen LogP contribution is -2.58. The second-order valence-electron chi connectivity index (χ2n) is 5.98. The van der Waals surface area contributed by atoms with E-state index in [9.17, 15) is 4.39 Å². The average molecular weight is 292 g/mol. The van der Waals surface area contributed by atoms with Crippen LogP contribution in [0.15, 0.2) is 24.3 Å². The van der Waals surface area contributed by atoms with Crippen molar-refractivity contribution in [2.24, 2.45) is 5.73 Å². The molecule has 2 fully saturated rings. The van der Waals surface area contributed by atoms with E-state index >= 15 is 0 Å². The van der Waals surface area contributed by atoms with E-state index in [1.54, 1.807) is 6.07 Å². The Morgan fingerprint density at radius 1 is 1.24 bits per heavy atom. The van der Waals surface area contributed by atoms with Gasteiger partial charge in [-0.05, 0) is 31.5 Å². The van der Waals surface area contributed by atoms with Crippen LogP contribution in [0.4, 0.5) is 10.1 Å². The van der Waals surface area contributed by atoms with Gasteiger partial charge in [-0.25, -0.2) is 4.39 Å². The Morgan fingerprint density at radius 2 is 2.00 bits per heavy atom. The van der Waals surface area contributed by atoms with Crippen molar-refractivity contribution in [3.63, 3.8) is 0 Å². The summed E-state index contributed by atoms with van der Waals surface area (Å²) in [6.07, 6.45) is 2.46. The molecule has 0 bridgehead atoms. The van der Waals surface area contributed by atoms with Gasteiger partial charge in [0.15, 0.2) is 0 Å². The number of hydrogen-bond acceptors (Lipinski definition) is 4. The highest BCUT2D eigenvalue weighted by molar-refractivity contribution is 5.48. The van der Waals surface area contributed by atoms with Gasteiger partial charge in [-0.1, -0.05) is 12.1 Å². The first kappa shape index (κ1) is 14.8. The molecule has 2 unspecified atom stereocenters. The molecular weight excluding hydrogens is 267 g/mol. The van der Waals surface area contributed by atoms with Crippen molar-refractivity contribution < 1.29 is 4.39 Å². The summed E-state index contributed by atoms with van der Waals surface area (Å²) in [5.41, 5.74) is 6.72. The van der Waals surface area contributed by atoms with Crippen molar-refractivity contribution in [2.45, 2.75) is 24.9 Å². The number of para-hydroxylation sites is 1. The lowest BCUT2D eigenvalue weighted by Gasteiger charge is -2.42. The van der Waals surface area contributed by atoms with Gasteiger partial charge >= 0.3 is 0 Å². The van der Waals surface area contributed by atoms with E-state index in [1.807, 2.05) is 12.1 Å². The van der Waals surface area contributed by atoms with Gasteiger partial charge < -0.3 is 16.0 Å². The zero-order chi connectivity index (χ0) is 14.7. The van der Waals surface area contributed by atoms with Crippen molar-refractivity contribution in [1.82, 2.24) is 10.2 Å². The maximum atomic E-state index is 13.9. The number of nitrogens with zero attached hydrogens (tertiary/aromatic N) is 2. The van der Waals surface area contributed by atoms with E-state index in [1.165, 1.54) is 18.9 Å². The number of piperazine rings is 1. The molecule has 0 spiro atoms. The maximum Gasteiger partial charge on any atom is 0.146 e. The smallest absolute Gasteiger partial charge is 0.146 e. The number of benzene rings is 1. The molecule has 0 radical (unpaired) electrons. The molecule has 2 aliphatic rings. The van der Waals surface area contributed by atoms with E-state index in [0.29, 0.717) is 18.6 Å². The van der Waals surface area contributed by atoms with Gasteiger partial charge in [0.2, 0.25) is 0 Å². The molecule has 0 saturated carbocycles. The average Bonchev–Trinajstić information content (AvgIpc) is 3.04. The van der Waals surface area contributed by atoms with Gasteiger partial charge in [-0.3, -0.25) is 4.90 Å². The number of halogens is 1. The molecule has 4 nitrogen and oxygen atoms in total. The normalized spacial score (nSPS) is 25.2. The van der Waals surface area contributed by atoms with Crippen molar-refractivity contribution in [1.29, 1.82) is 0 Å². The first-order valence-corrected chi connectivity index (χ1v) is 7.96. The number of nitrogens with two attached hydrogens (primary N) is 1. The van der Waals surface area contributed by atoms with Gasteiger partial charge in [-0.2, -0.15) is 0 Å². The lowest BCUT2D eigenvalue weighted by molar-refractivity contribution is 0.158. The SMILES string of the molecule is NCC(C1CCCN1)N1CCN(c2ccccc2F)CC1. The monoisotopic (exact) mass is 292 g/mol. The summed E-state index contributed by atoms with van der Waals surface area (Å²) >= 11 is 0. The Morgan fingerprint density at radius 3 is 2.62 bits per heavy atom. The fourth-order valence-corrected chi connectivity index (χ4v) is 3.61. The van der Waals surface area contributed by atoms with Crippen LogP contribution in [-0.4, -0.2) is 56.3 Å². The van der Waals surface area contributed by atoms with E-state index in [4.69, 9.17) is 5.73 Å². The predicted molar refractivity (Wildman–Crippen MR) is 84.1 cm³/mol. The second kappa shape index (κ2) is 6.73. The fraction of sp³-hybridized carbons (Fsp3) is 0.625.